The highest BCUT2D eigenvalue weighted by molar-refractivity contribution is 5.86. The van der Waals surface area contributed by atoms with Gasteiger partial charge in [0.1, 0.15) is 0 Å². The van der Waals surface area contributed by atoms with Crippen LogP contribution in [0.15, 0.2) is 60.8 Å². The summed E-state index contributed by atoms with van der Waals surface area (Å²) in [5.41, 5.74) is 2.71. The quantitative estimate of drug-likeness (QED) is 0.746. The van der Waals surface area contributed by atoms with Crippen LogP contribution >= 0.6 is 0 Å². The van der Waals surface area contributed by atoms with Gasteiger partial charge < -0.3 is 4.74 Å². The van der Waals surface area contributed by atoms with Crippen molar-refractivity contribution in [1.29, 1.82) is 5.26 Å². The van der Waals surface area contributed by atoms with Crippen LogP contribution in [-0.4, -0.2) is 15.9 Å². The molecule has 0 aliphatic carbocycles. The van der Waals surface area contributed by atoms with Gasteiger partial charge in [0, 0.05) is 5.69 Å². The lowest BCUT2D eigenvalue weighted by atomic mass is 10.2. The second-order valence-corrected chi connectivity index (χ2v) is 5.66. The van der Waals surface area contributed by atoms with Crippen molar-refractivity contribution in [3.63, 3.8) is 0 Å². The molecule has 1 aromatic heterocycles. The molecule has 2 aromatic carbocycles. The molecule has 6 heteroatoms. The van der Waals surface area contributed by atoms with E-state index < -0.39 is 6.09 Å². The van der Waals surface area contributed by atoms with Crippen LogP contribution < -0.4 is 10.1 Å². The van der Waals surface area contributed by atoms with Gasteiger partial charge in [-0.2, -0.15) is 10.4 Å². The Balaban J connectivity index is 1.80. The molecular weight excluding hydrogens is 328 g/mol. The molecule has 1 heterocycles. The zero-order chi connectivity index (χ0) is 18.4. The fourth-order valence-electron chi connectivity index (χ4n) is 2.61. The predicted octanol–water partition coefficient (Wildman–Crippen LogP) is 4.31. The number of rotatable bonds is 5. The van der Waals surface area contributed by atoms with E-state index in [0.717, 1.165) is 24.2 Å². The van der Waals surface area contributed by atoms with Crippen LogP contribution in [0.2, 0.25) is 0 Å². The minimum Gasteiger partial charge on any atom is -0.406 e. The molecule has 3 rings (SSSR count). The van der Waals surface area contributed by atoms with E-state index >= 15 is 0 Å². The van der Waals surface area contributed by atoms with E-state index in [9.17, 15) is 4.79 Å². The average Bonchev–Trinajstić information content (AvgIpc) is 3.05. The average molecular weight is 346 g/mol. The van der Waals surface area contributed by atoms with Crippen molar-refractivity contribution < 1.29 is 9.53 Å². The zero-order valence-electron chi connectivity index (χ0n) is 14.3. The molecule has 130 valence electrons. The van der Waals surface area contributed by atoms with Crippen molar-refractivity contribution in [3.05, 3.63) is 72.1 Å². The Morgan fingerprint density at radius 1 is 1.23 bits per heavy atom. The van der Waals surface area contributed by atoms with Crippen molar-refractivity contribution in [1.82, 2.24) is 9.78 Å². The lowest BCUT2D eigenvalue weighted by Gasteiger charge is -2.10. The topological polar surface area (TPSA) is 79.9 Å². The Bertz CT molecular complexity index is 942. The first kappa shape index (κ1) is 17.2. The Morgan fingerprint density at radius 2 is 2.04 bits per heavy atom. The summed E-state index contributed by atoms with van der Waals surface area (Å²) in [7, 11) is 0. The van der Waals surface area contributed by atoms with Gasteiger partial charge in [-0.05, 0) is 36.8 Å². The van der Waals surface area contributed by atoms with Crippen molar-refractivity contribution in [2.24, 2.45) is 0 Å². The summed E-state index contributed by atoms with van der Waals surface area (Å²) in [4.78, 5) is 12.2. The number of benzene rings is 2. The Labute approximate surface area is 151 Å². The maximum Gasteiger partial charge on any atom is 0.417 e. The van der Waals surface area contributed by atoms with Crippen molar-refractivity contribution in [2.75, 3.05) is 5.32 Å². The first-order valence-corrected chi connectivity index (χ1v) is 8.32. The number of carbonyl (C=O) groups excluding carboxylic acids is 1. The monoisotopic (exact) mass is 346 g/mol. The molecule has 0 aliphatic rings. The Kier molecular flexibility index (Phi) is 5.30. The van der Waals surface area contributed by atoms with Gasteiger partial charge in [0.25, 0.3) is 0 Å². The molecule has 1 amide bonds. The number of anilines is 1. The number of aromatic nitrogens is 2. The molecule has 26 heavy (non-hydrogen) atoms. The van der Waals surface area contributed by atoms with E-state index in [1.807, 2.05) is 36.4 Å². The molecule has 0 saturated carbocycles. The summed E-state index contributed by atoms with van der Waals surface area (Å²) in [5, 5.41) is 15.9. The van der Waals surface area contributed by atoms with Gasteiger partial charge in [0.05, 0.1) is 29.2 Å². The second kappa shape index (κ2) is 7.99. The lowest BCUT2D eigenvalue weighted by molar-refractivity contribution is 0.214. The van der Waals surface area contributed by atoms with E-state index in [1.54, 1.807) is 35.1 Å². The Hall–Kier alpha value is -3.59. The SMILES string of the molecule is CCCc1c(OC(=O)Nc2cccc(C#N)c2)cnn1-c1ccccc1. The standard InChI is InChI=1S/C20H18N4O2/c1-2-7-18-19(14-22-24(18)17-10-4-3-5-11-17)26-20(25)23-16-9-6-8-15(12-16)13-21/h3-6,8-12,14H,2,7H2,1H3,(H,23,25). The third kappa shape index (κ3) is 3.90. The van der Waals surface area contributed by atoms with Gasteiger partial charge in [0.15, 0.2) is 5.75 Å². The first-order chi connectivity index (χ1) is 12.7. The summed E-state index contributed by atoms with van der Waals surface area (Å²) >= 11 is 0. The fourth-order valence-corrected chi connectivity index (χ4v) is 2.61. The van der Waals surface area contributed by atoms with Gasteiger partial charge >= 0.3 is 6.09 Å². The molecule has 0 radical (unpaired) electrons. The van der Waals surface area contributed by atoms with Crippen molar-refractivity contribution >= 4 is 11.8 Å². The molecule has 3 aromatic rings. The first-order valence-electron chi connectivity index (χ1n) is 8.32. The van der Waals surface area contributed by atoms with Crippen LogP contribution in [0.4, 0.5) is 10.5 Å². The largest absolute Gasteiger partial charge is 0.417 e. The van der Waals surface area contributed by atoms with E-state index in [2.05, 4.69) is 17.3 Å². The third-order valence-corrected chi connectivity index (χ3v) is 3.76. The number of nitrogens with zero attached hydrogens (tertiary/aromatic N) is 3. The number of ether oxygens (including phenoxy) is 1. The molecule has 0 unspecified atom stereocenters. The van der Waals surface area contributed by atoms with Gasteiger partial charge in [-0.3, -0.25) is 5.32 Å². The number of para-hydroxylation sites is 1. The van der Waals surface area contributed by atoms with Crippen LogP contribution in [0.1, 0.15) is 24.6 Å². The molecule has 0 spiro atoms. The van der Waals surface area contributed by atoms with Crippen LogP contribution in [0.25, 0.3) is 5.69 Å². The summed E-state index contributed by atoms with van der Waals surface area (Å²) in [5.74, 6) is 0.421. The number of carbonyl (C=O) groups is 1. The molecule has 0 bridgehead atoms. The van der Waals surface area contributed by atoms with E-state index in [0.29, 0.717) is 17.0 Å². The maximum atomic E-state index is 12.2. The highest BCUT2D eigenvalue weighted by atomic mass is 16.6. The number of nitriles is 1. The summed E-state index contributed by atoms with van der Waals surface area (Å²) in [6, 6.07) is 18.4. The summed E-state index contributed by atoms with van der Waals surface area (Å²) < 4.78 is 7.24. The number of nitrogens with one attached hydrogen (secondary N) is 1. The van der Waals surface area contributed by atoms with Crippen LogP contribution in [0, 0.1) is 11.3 Å². The lowest BCUT2D eigenvalue weighted by Crippen LogP contribution is -2.17. The number of amides is 1. The van der Waals surface area contributed by atoms with Crippen molar-refractivity contribution in [2.45, 2.75) is 19.8 Å². The van der Waals surface area contributed by atoms with E-state index in [4.69, 9.17) is 10.00 Å². The summed E-state index contributed by atoms with van der Waals surface area (Å²) in [6.45, 7) is 2.06. The molecule has 6 nitrogen and oxygen atoms in total. The molecular formula is C20H18N4O2. The maximum absolute atomic E-state index is 12.2. The van der Waals surface area contributed by atoms with E-state index in [-0.39, 0.29) is 0 Å². The van der Waals surface area contributed by atoms with Crippen LogP contribution in [-0.2, 0) is 6.42 Å². The van der Waals surface area contributed by atoms with Gasteiger partial charge in [-0.15, -0.1) is 0 Å². The molecule has 0 fully saturated rings. The van der Waals surface area contributed by atoms with Crippen molar-refractivity contribution in [3.8, 4) is 17.5 Å². The normalized spacial score (nSPS) is 10.2. The predicted molar refractivity (Wildman–Crippen MR) is 98.4 cm³/mol. The van der Waals surface area contributed by atoms with Crippen LogP contribution in [0.5, 0.6) is 5.75 Å². The smallest absolute Gasteiger partial charge is 0.406 e. The third-order valence-electron chi connectivity index (χ3n) is 3.76. The van der Waals surface area contributed by atoms with Gasteiger partial charge in [-0.25, -0.2) is 9.48 Å². The van der Waals surface area contributed by atoms with E-state index in [1.165, 1.54) is 0 Å². The van der Waals surface area contributed by atoms with Gasteiger partial charge in [0.2, 0.25) is 0 Å². The number of hydrogen-bond donors (Lipinski definition) is 1. The minimum atomic E-state index is -0.620. The zero-order valence-corrected chi connectivity index (χ0v) is 14.3. The summed E-state index contributed by atoms with van der Waals surface area (Å²) in [6.07, 6.45) is 2.54. The van der Waals surface area contributed by atoms with Gasteiger partial charge in [-0.1, -0.05) is 37.6 Å². The molecule has 0 atom stereocenters. The number of hydrogen-bond acceptors (Lipinski definition) is 4. The molecule has 0 saturated heterocycles. The Morgan fingerprint density at radius 3 is 2.77 bits per heavy atom. The minimum absolute atomic E-state index is 0.421. The highest BCUT2D eigenvalue weighted by Gasteiger charge is 2.16. The fraction of sp³-hybridized carbons (Fsp3) is 0.150. The second-order valence-electron chi connectivity index (χ2n) is 5.66. The molecule has 0 aliphatic heterocycles. The molecule has 1 N–H and O–H groups in total. The van der Waals surface area contributed by atoms with Crippen LogP contribution in [0.3, 0.4) is 0 Å². The highest BCUT2D eigenvalue weighted by Crippen LogP contribution is 2.24.